The minimum Gasteiger partial charge on any atom is -0.506 e. The Labute approximate surface area is 283 Å². The predicted octanol–water partition coefficient (Wildman–Crippen LogP) is 8.39. The maximum Gasteiger partial charge on any atom is 0.276 e. The van der Waals surface area contributed by atoms with Crippen LogP contribution in [0, 0.1) is 17.6 Å². The van der Waals surface area contributed by atoms with Crippen molar-refractivity contribution >= 4 is 46.4 Å². The molecule has 1 saturated carbocycles. The summed E-state index contributed by atoms with van der Waals surface area (Å²) >= 11 is 24.4. The molecule has 2 aliphatic heterocycles. The first kappa shape index (κ1) is 33.0. The molecule has 14 heteroatoms. The summed E-state index contributed by atoms with van der Waals surface area (Å²) in [6.45, 7) is 2.99. The van der Waals surface area contributed by atoms with Gasteiger partial charge in [-0.3, -0.25) is 19.0 Å². The zero-order valence-electron chi connectivity index (χ0n) is 24.8. The highest BCUT2D eigenvalue weighted by Gasteiger charge is 2.27. The van der Waals surface area contributed by atoms with E-state index in [-0.39, 0.29) is 59.5 Å². The molecule has 1 fully saturated rings. The number of fused-ring (bicyclic) bond motifs is 2. The second-order valence-corrected chi connectivity index (χ2v) is 13.4. The third-order valence-corrected chi connectivity index (χ3v) is 10.2. The van der Waals surface area contributed by atoms with Gasteiger partial charge in [-0.25, -0.2) is 18.1 Å². The number of halogens is 6. The Balaban J connectivity index is 0.000000167. The molecule has 1 N–H and O–H groups in total. The molecule has 0 bridgehead atoms. The van der Waals surface area contributed by atoms with Gasteiger partial charge in [0.05, 0.1) is 27.8 Å². The van der Waals surface area contributed by atoms with Gasteiger partial charge in [-0.1, -0.05) is 59.2 Å². The van der Waals surface area contributed by atoms with E-state index in [1.807, 2.05) is 0 Å². The number of hydrogen-bond donors (Lipinski definition) is 1. The number of nitrogens with zero attached hydrogens (tertiary/aromatic N) is 4. The normalized spacial score (nSPS) is 16.1. The summed E-state index contributed by atoms with van der Waals surface area (Å²) in [4.78, 5) is 25.1. The van der Waals surface area contributed by atoms with E-state index in [2.05, 4.69) is 0 Å². The minimum atomic E-state index is -0.685. The first-order valence-corrected chi connectivity index (χ1v) is 16.9. The number of benzene rings is 2. The molecule has 0 amide bonds. The lowest BCUT2D eigenvalue weighted by atomic mass is 10.1. The summed E-state index contributed by atoms with van der Waals surface area (Å²) in [6.07, 6.45) is 8.40. The van der Waals surface area contributed by atoms with Crippen molar-refractivity contribution in [3.8, 4) is 33.8 Å². The molecule has 1 aliphatic carbocycles. The van der Waals surface area contributed by atoms with Gasteiger partial charge in [0.2, 0.25) is 0 Å². The van der Waals surface area contributed by atoms with E-state index in [1.54, 1.807) is 14.0 Å². The van der Waals surface area contributed by atoms with Gasteiger partial charge < -0.3 is 9.84 Å². The van der Waals surface area contributed by atoms with Gasteiger partial charge in [0.15, 0.2) is 0 Å². The quantitative estimate of drug-likeness (QED) is 0.225. The Morgan fingerprint density at radius 2 is 1.13 bits per heavy atom. The van der Waals surface area contributed by atoms with Crippen molar-refractivity contribution in [1.29, 1.82) is 0 Å². The van der Waals surface area contributed by atoms with Crippen LogP contribution in [0.1, 0.15) is 51.4 Å². The van der Waals surface area contributed by atoms with Gasteiger partial charge in [0.1, 0.15) is 33.4 Å². The fourth-order valence-electron chi connectivity index (χ4n) is 6.45. The van der Waals surface area contributed by atoms with Gasteiger partial charge >= 0.3 is 0 Å². The zero-order chi connectivity index (χ0) is 32.7. The monoisotopic (exact) mass is 714 g/mol. The molecule has 246 valence electrons. The molecular formula is C32H32Cl4F2N4O4. The van der Waals surface area contributed by atoms with Crippen molar-refractivity contribution in [2.75, 3.05) is 6.61 Å². The second kappa shape index (κ2) is 13.7. The lowest BCUT2D eigenvalue weighted by Crippen LogP contribution is -2.27. The van der Waals surface area contributed by atoms with Gasteiger partial charge in [0.25, 0.3) is 11.1 Å². The molecule has 0 atom stereocenters. The fraction of sp³-hybridized carbons (Fsp3) is 0.438. The highest BCUT2D eigenvalue weighted by atomic mass is 35.5. The van der Waals surface area contributed by atoms with Crippen LogP contribution in [-0.4, -0.2) is 30.4 Å². The highest BCUT2D eigenvalue weighted by molar-refractivity contribution is 6.34. The molecule has 0 saturated heterocycles. The summed E-state index contributed by atoms with van der Waals surface area (Å²) in [7, 11) is 0. The Bertz CT molecular complexity index is 1910. The van der Waals surface area contributed by atoms with Crippen molar-refractivity contribution in [2.24, 2.45) is 5.92 Å². The maximum atomic E-state index is 14.6. The summed E-state index contributed by atoms with van der Waals surface area (Å²) < 4.78 is 41.0. The highest BCUT2D eigenvalue weighted by Crippen LogP contribution is 2.37. The Morgan fingerprint density at radius 1 is 0.674 bits per heavy atom. The summed E-state index contributed by atoms with van der Waals surface area (Å²) in [6, 6.07) is 4.83. The van der Waals surface area contributed by atoms with Gasteiger partial charge in [0, 0.05) is 37.3 Å². The van der Waals surface area contributed by atoms with Crippen LogP contribution >= 0.6 is 46.4 Å². The number of aromatic nitrogens is 4. The summed E-state index contributed by atoms with van der Waals surface area (Å²) in [5.41, 5.74) is -0.240. The van der Waals surface area contributed by atoms with Crippen molar-refractivity contribution in [3.63, 3.8) is 0 Å². The lowest BCUT2D eigenvalue weighted by Gasteiger charge is -2.17. The average Bonchev–Trinajstić information content (AvgIpc) is 3.72. The van der Waals surface area contributed by atoms with E-state index >= 15 is 0 Å². The third-order valence-electron chi connectivity index (χ3n) is 8.87. The standard InChI is InChI=1S/C19H21Cl2FN2O2.C13H11Cl2FN2O2/c20-14-10-15(22)13(9-16(14)26-11-12-5-1-2-6-12)17-18(21)23-7-3-4-8-24(23)19(17)25;14-8-6-9(16)7(5-10(8)19)11-12(15)17-3-1-2-4-18(17)13(11)20/h9-10,12H,1-8,11H2;5-6,19H,1-4H2. The molecule has 7 rings (SSSR count). The van der Waals surface area contributed by atoms with Crippen molar-refractivity contribution in [2.45, 2.75) is 77.5 Å². The van der Waals surface area contributed by atoms with Gasteiger partial charge in [-0.05, 0) is 68.7 Å². The van der Waals surface area contributed by atoms with Crippen LogP contribution in [0.15, 0.2) is 33.9 Å². The maximum absolute atomic E-state index is 14.6. The average molecular weight is 716 g/mol. The molecule has 3 aliphatic rings. The van der Waals surface area contributed by atoms with Gasteiger partial charge in [-0.2, -0.15) is 0 Å². The molecule has 2 aromatic carbocycles. The number of ether oxygens (including phenoxy) is 1. The molecule has 46 heavy (non-hydrogen) atoms. The summed E-state index contributed by atoms with van der Waals surface area (Å²) in [5, 5.41) is 10.2. The first-order chi connectivity index (χ1) is 22.1. The van der Waals surface area contributed by atoms with Crippen LogP contribution in [-0.2, 0) is 26.2 Å². The number of phenols is 1. The molecule has 8 nitrogen and oxygen atoms in total. The first-order valence-electron chi connectivity index (χ1n) is 15.4. The number of phenolic OH excluding ortho intramolecular Hbond substituents is 1. The largest absolute Gasteiger partial charge is 0.506 e. The number of rotatable bonds is 5. The van der Waals surface area contributed by atoms with E-state index in [1.165, 1.54) is 29.7 Å². The van der Waals surface area contributed by atoms with E-state index in [4.69, 9.17) is 51.1 Å². The molecule has 4 heterocycles. The fourth-order valence-corrected chi connectivity index (χ4v) is 7.52. The van der Waals surface area contributed by atoms with Crippen LogP contribution in [0.25, 0.3) is 22.3 Å². The Kier molecular flexibility index (Phi) is 9.80. The molecular weight excluding hydrogens is 684 g/mol. The molecule has 0 unspecified atom stereocenters. The second-order valence-electron chi connectivity index (χ2n) is 11.9. The lowest BCUT2D eigenvalue weighted by molar-refractivity contribution is 0.252. The predicted molar refractivity (Wildman–Crippen MR) is 176 cm³/mol. The summed E-state index contributed by atoms with van der Waals surface area (Å²) in [5.74, 6) is -0.621. The van der Waals surface area contributed by atoms with Crippen molar-refractivity contribution in [3.05, 3.63) is 77.0 Å². The van der Waals surface area contributed by atoms with Crippen LogP contribution in [0.5, 0.6) is 11.5 Å². The van der Waals surface area contributed by atoms with Crippen LogP contribution < -0.4 is 15.9 Å². The molecule has 2 aromatic heterocycles. The van der Waals surface area contributed by atoms with E-state index < -0.39 is 11.6 Å². The topological polar surface area (TPSA) is 83.3 Å². The van der Waals surface area contributed by atoms with Crippen LogP contribution in [0.3, 0.4) is 0 Å². The molecule has 0 spiro atoms. The SMILES string of the molecule is O=c1c(-c2cc(O)c(Cl)cc2F)c(Cl)n2n1CCCC2.O=c1c(-c2cc(OCC3CCCC3)c(Cl)cc2F)c(Cl)n2n1CCCC2. The number of aromatic hydroxyl groups is 1. The molecule has 0 radical (unpaired) electrons. The van der Waals surface area contributed by atoms with Crippen LogP contribution in [0.2, 0.25) is 20.4 Å². The Morgan fingerprint density at radius 3 is 1.63 bits per heavy atom. The van der Waals surface area contributed by atoms with Crippen molar-refractivity contribution in [1.82, 2.24) is 18.7 Å². The third kappa shape index (κ3) is 6.21. The van der Waals surface area contributed by atoms with Crippen LogP contribution in [0.4, 0.5) is 8.78 Å². The van der Waals surface area contributed by atoms with E-state index in [0.29, 0.717) is 44.5 Å². The van der Waals surface area contributed by atoms with E-state index in [9.17, 15) is 23.5 Å². The van der Waals surface area contributed by atoms with E-state index in [0.717, 1.165) is 50.7 Å². The van der Waals surface area contributed by atoms with Gasteiger partial charge in [-0.15, -0.1) is 0 Å². The zero-order valence-corrected chi connectivity index (χ0v) is 27.8. The smallest absolute Gasteiger partial charge is 0.276 e. The molecule has 4 aromatic rings. The van der Waals surface area contributed by atoms with Crippen molar-refractivity contribution < 1.29 is 18.6 Å². The number of hydrogen-bond acceptors (Lipinski definition) is 4. The minimum absolute atomic E-state index is 0.0312. The Hall–Kier alpha value is -2.92.